The van der Waals surface area contributed by atoms with E-state index in [0.29, 0.717) is 22.5 Å². The zero-order valence-corrected chi connectivity index (χ0v) is 19.9. The number of aryl methyl sites for hydroxylation is 1. The molecule has 0 aliphatic carbocycles. The van der Waals surface area contributed by atoms with E-state index in [-0.39, 0.29) is 22.7 Å². The lowest BCUT2D eigenvalue weighted by atomic mass is 10.1. The van der Waals surface area contributed by atoms with Crippen molar-refractivity contribution >= 4 is 23.2 Å². The summed E-state index contributed by atoms with van der Waals surface area (Å²) in [5, 5.41) is 18.4. The van der Waals surface area contributed by atoms with Crippen molar-refractivity contribution in [3.05, 3.63) is 59.8 Å². The van der Waals surface area contributed by atoms with Gasteiger partial charge in [0.2, 0.25) is 5.91 Å². The molecule has 0 spiro atoms. The van der Waals surface area contributed by atoms with Gasteiger partial charge in [-0.2, -0.15) is 15.5 Å². The minimum Gasteiger partial charge on any atom is -0.341 e. The molecular formula is C24H21F2N7OS. The van der Waals surface area contributed by atoms with Gasteiger partial charge in [0, 0.05) is 54.5 Å². The number of pyridine rings is 2. The fourth-order valence-electron chi connectivity index (χ4n) is 4.26. The highest BCUT2D eigenvalue weighted by Gasteiger charge is 2.24. The molecule has 5 rings (SSSR count). The molecule has 1 saturated heterocycles. The number of hydrogen-bond donors (Lipinski definition) is 0. The average Bonchev–Trinajstić information content (AvgIpc) is 3.50. The molecule has 11 heteroatoms. The summed E-state index contributed by atoms with van der Waals surface area (Å²) in [6.07, 6.45) is 8.71. The number of carbonyl (C=O) groups is 1. The second-order valence-corrected chi connectivity index (χ2v) is 9.50. The highest BCUT2D eigenvalue weighted by Crippen LogP contribution is 2.36. The third-order valence-electron chi connectivity index (χ3n) is 6.13. The van der Waals surface area contributed by atoms with E-state index in [4.69, 9.17) is 0 Å². The van der Waals surface area contributed by atoms with E-state index in [1.807, 2.05) is 21.8 Å². The molecule has 1 amide bonds. The van der Waals surface area contributed by atoms with E-state index in [1.165, 1.54) is 13.1 Å². The van der Waals surface area contributed by atoms with Crippen LogP contribution in [0.2, 0.25) is 0 Å². The Balaban J connectivity index is 1.54. The van der Waals surface area contributed by atoms with Crippen molar-refractivity contribution < 1.29 is 13.6 Å². The molecule has 4 aromatic rings. The van der Waals surface area contributed by atoms with Gasteiger partial charge in [0.05, 0.1) is 35.2 Å². The highest BCUT2D eigenvalue weighted by atomic mass is 32.2. The Morgan fingerprint density at radius 3 is 2.77 bits per heavy atom. The van der Waals surface area contributed by atoms with Crippen LogP contribution in [0.5, 0.6) is 0 Å². The quantitative estimate of drug-likeness (QED) is 0.419. The number of fused-ring (bicyclic) bond motifs is 1. The van der Waals surface area contributed by atoms with Crippen LogP contribution in [0.15, 0.2) is 46.8 Å². The summed E-state index contributed by atoms with van der Waals surface area (Å²) in [5.74, 6) is -1.44. The SMILES string of the molecule is CC(=O)N1CCC[C@H](n2cc(-c3cc(Sc4nc(C)c(F)cc4F)c4c(C#N)cnn4c3)cn2)C1. The number of rotatable bonds is 4. The fraction of sp³-hybridized carbons (Fsp3) is 0.292. The molecule has 5 heterocycles. The monoisotopic (exact) mass is 493 g/mol. The second-order valence-electron chi connectivity index (χ2n) is 8.47. The van der Waals surface area contributed by atoms with Crippen molar-refractivity contribution in [3.63, 3.8) is 0 Å². The zero-order valence-electron chi connectivity index (χ0n) is 19.1. The van der Waals surface area contributed by atoms with Gasteiger partial charge in [0.25, 0.3) is 0 Å². The molecule has 8 nitrogen and oxygen atoms in total. The lowest BCUT2D eigenvalue weighted by Gasteiger charge is -2.32. The Bertz CT molecular complexity index is 1490. The third-order valence-corrected chi connectivity index (χ3v) is 7.14. The van der Waals surface area contributed by atoms with Crippen LogP contribution in [0.3, 0.4) is 0 Å². The van der Waals surface area contributed by atoms with Crippen LogP contribution in [0.1, 0.15) is 37.1 Å². The lowest BCUT2D eigenvalue weighted by molar-refractivity contribution is -0.130. The van der Waals surface area contributed by atoms with Crippen molar-refractivity contribution in [1.29, 1.82) is 5.26 Å². The van der Waals surface area contributed by atoms with Crippen LogP contribution in [0, 0.1) is 29.9 Å². The minimum atomic E-state index is -0.778. The predicted octanol–water partition coefficient (Wildman–Crippen LogP) is 4.39. The minimum absolute atomic E-state index is 0.00950. The molecule has 35 heavy (non-hydrogen) atoms. The van der Waals surface area contributed by atoms with Crippen molar-refractivity contribution in [2.24, 2.45) is 0 Å². The molecule has 0 radical (unpaired) electrons. The molecule has 0 aromatic carbocycles. The maximum atomic E-state index is 14.5. The van der Waals surface area contributed by atoms with Crippen LogP contribution in [0.25, 0.3) is 16.6 Å². The van der Waals surface area contributed by atoms with Crippen LogP contribution in [-0.4, -0.2) is 48.3 Å². The van der Waals surface area contributed by atoms with E-state index in [9.17, 15) is 18.8 Å². The topological polar surface area (TPSA) is 92.1 Å². The Hall–Kier alpha value is -3.78. The summed E-state index contributed by atoms with van der Waals surface area (Å²) in [4.78, 5) is 18.3. The molecule has 1 aliphatic heterocycles. The van der Waals surface area contributed by atoms with Crippen molar-refractivity contribution in [1.82, 2.24) is 29.3 Å². The van der Waals surface area contributed by atoms with Crippen molar-refractivity contribution in [2.45, 2.75) is 42.7 Å². The molecule has 1 aliphatic rings. The summed E-state index contributed by atoms with van der Waals surface area (Å²) in [6, 6.07) is 4.83. The second kappa shape index (κ2) is 9.11. The highest BCUT2D eigenvalue weighted by molar-refractivity contribution is 7.99. The van der Waals surface area contributed by atoms with Gasteiger partial charge in [-0.15, -0.1) is 0 Å². The van der Waals surface area contributed by atoms with E-state index in [2.05, 4.69) is 21.3 Å². The van der Waals surface area contributed by atoms with Gasteiger partial charge in [-0.25, -0.2) is 18.3 Å². The first-order valence-electron chi connectivity index (χ1n) is 11.1. The first-order valence-corrected chi connectivity index (χ1v) is 11.9. The fourth-order valence-corrected chi connectivity index (χ4v) is 5.29. The number of piperidine rings is 1. The predicted molar refractivity (Wildman–Crippen MR) is 125 cm³/mol. The number of nitrogens with zero attached hydrogens (tertiary/aromatic N) is 7. The summed E-state index contributed by atoms with van der Waals surface area (Å²) in [7, 11) is 0. The number of aromatic nitrogens is 5. The van der Waals surface area contributed by atoms with E-state index >= 15 is 0 Å². The van der Waals surface area contributed by atoms with Gasteiger partial charge in [-0.05, 0) is 25.8 Å². The Morgan fingerprint density at radius 2 is 2.00 bits per heavy atom. The Morgan fingerprint density at radius 1 is 1.17 bits per heavy atom. The standard InChI is InChI=1S/C24H21F2N7OS/c1-14-20(25)7-21(26)24(30-14)35-22-6-16(11-33-23(22)17(8-27)9-29-33)18-10-28-32(12-18)19-4-3-5-31(13-19)15(2)34/h6-7,9-12,19H,3-5,13H2,1-2H3/t19-/m0/s1. The maximum absolute atomic E-state index is 14.5. The molecule has 1 fully saturated rings. The zero-order chi connectivity index (χ0) is 24.7. The molecule has 178 valence electrons. The van der Waals surface area contributed by atoms with Gasteiger partial charge in [-0.1, -0.05) is 11.8 Å². The molecule has 4 aromatic heterocycles. The Kier molecular flexibility index (Phi) is 5.98. The number of amides is 1. The van der Waals surface area contributed by atoms with Gasteiger partial charge < -0.3 is 4.90 Å². The molecule has 0 N–H and O–H groups in total. The lowest BCUT2D eigenvalue weighted by Crippen LogP contribution is -2.39. The molecule has 0 saturated carbocycles. The van der Waals surface area contributed by atoms with E-state index in [0.717, 1.165) is 48.3 Å². The summed E-state index contributed by atoms with van der Waals surface area (Å²) in [6.45, 7) is 4.41. The number of carbonyl (C=O) groups excluding carboxylic acids is 1. The Labute approximate surface area is 204 Å². The van der Waals surface area contributed by atoms with Gasteiger partial charge >= 0.3 is 0 Å². The summed E-state index contributed by atoms with van der Waals surface area (Å²) in [5.41, 5.74) is 2.51. The van der Waals surface area contributed by atoms with Gasteiger partial charge in [0.15, 0.2) is 5.82 Å². The molecular weight excluding hydrogens is 472 g/mol. The number of nitriles is 1. The molecule has 0 unspecified atom stereocenters. The first kappa shape index (κ1) is 23.0. The van der Waals surface area contributed by atoms with Crippen molar-refractivity contribution in [2.75, 3.05) is 13.1 Å². The number of hydrogen-bond acceptors (Lipinski definition) is 6. The molecule has 0 bridgehead atoms. The largest absolute Gasteiger partial charge is 0.341 e. The smallest absolute Gasteiger partial charge is 0.219 e. The maximum Gasteiger partial charge on any atom is 0.219 e. The third kappa shape index (κ3) is 4.37. The van der Waals surface area contributed by atoms with Crippen LogP contribution >= 0.6 is 11.8 Å². The van der Waals surface area contributed by atoms with Crippen LogP contribution in [0.4, 0.5) is 8.78 Å². The first-order chi connectivity index (χ1) is 16.8. The van der Waals surface area contributed by atoms with E-state index in [1.54, 1.807) is 23.8 Å². The van der Waals surface area contributed by atoms with Gasteiger partial charge in [-0.3, -0.25) is 9.48 Å². The summed E-state index contributed by atoms with van der Waals surface area (Å²) < 4.78 is 31.7. The normalized spacial score (nSPS) is 16.0. The number of likely N-dealkylation sites (tertiary alicyclic amines) is 1. The molecule has 1 atom stereocenters. The van der Waals surface area contributed by atoms with Crippen LogP contribution < -0.4 is 0 Å². The van der Waals surface area contributed by atoms with E-state index < -0.39 is 11.6 Å². The van der Waals surface area contributed by atoms with Gasteiger partial charge in [0.1, 0.15) is 16.9 Å². The summed E-state index contributed by atoms with van der Waals surface area (Å²) >= 11 is 1.01. The number of halogens is 2. The average molecular weight is 494 g/mol. The van der Waals surface area contributed by atoms with Crippen molar-refractivity contribution in [3.8, 4) is 17.2 Å². The van der Waals surface area contributed by atoms with Crippen LogP contribution in [-0.2, 0) is 4.79 Å².